The Morgan fingerprint density at radius 1 is 1.35 bits per heavy atom. The van der Waals surface area contributed by atoms with E-state index in [1.807, 2.05) is 0 Å². The van der Waals surface area contributed by atoms with E-state index in [2.05, 4.69) is 45.1 Å². The lowest BCUT2D eigenvalue weighted by atomic mass is 9.86. The molecule has 20 heavy (non-hydrogen) atoms. The highest BCUT2D eigenvalue weighted by molar-refractivity contribution is 5.44. The lowest BCUT2D eigenvalue weighted by molar-refractivity contribution is -0.0121. The zero-order valence-electron chi connectivity index (χ0n) is 13.4. The van der Waals surface area contributed by atoms with Crippen LogP contribution >= 0.6 is 0 Å². The molecular weight excluding hydrogens is 250 g/mol. The Morgan fingerprint density at radius 3 is 2.45 bits per heavy atom. The third-order valence-electron chi connectivity index (χ3n) is 4.29. The minimum absolute atomic E-state index is 0.108. The molecule has 2 unspecified atom stereocenters. The monoisotopic (exact) mass is 277 g/mol. The van der Waals surface area contributed by atoms with Crippen molar-refractivity contribution < 1.29 is 9.47 Å². The molecule has 1 aromatic carbocycles. The van der Waals surface area contributed by atoms with E-state index in [9.17, 15) is 0 Å². The predicted octanol–water partition coefficient (Wildman–Crippen LogP) is 3.53. The van der Waals surface area contributed by atoms with Crippen molar-refractivity contribution in [2.75, 3.05) is 20.3 Å². The molecule has 1 fully saturated rings. The molecule has 0 bridgehead atoms. The minimum atomic E-state index is -0.108. The second kappa shape index (κ2) is 6.15. The molecule has 2 rings (SSSR count). The van der Waals surface area contributed by atoms with Crippen molar-refractivity contribution in [3.8, 4) is 5.75 Å². The standard InChI is InChI=1S/C17H27NO2/c1-6-18-16(17(4)8-7-9-20-17)14-10-12(2)15(19-5)13(3)11-14/h10-11,16,18H,6-9H2,1-5H3. The molecule has 3 heteroatoms. The molecule has 1 saturated heterocycles. The molecule has 1 aliphatic heterocycles. The zero-order chi connectivity index (χ0) is 14.8. The summed E-state index contributed by atoms with van der Waals surface area (Å²) in [7, 11) is 1.73. The first-order valence-electron chi connectivity index (χ1n) is 7.54. The van der Waals surface area contributed by atoms with E-state index < -0.39 is 0 Å². The predicted molar refractivity (Wildman–Crippen MR) is 82.5 cm³/mol. The summed E-state index contributed by atoms with van der Waals surface area (Å²) in [4.78, 5) is 0. The number of aryl methyl sites for hydroxylation is 2. The maximum absolute atomic E-state index is 6.05. The Balaban J connectivity index is 2.39. The van der Waals surface area contributed by atoms with Crippen LogP contribution in [-0.2, 0) is 4.74 Å². The SMILES string of the molecule is CCNC(c1cc(C)c(OC)c(C)c1)C1(C)CCCO1. The maximum atomic E-state index is 6.05. The summed E-state index contributed by atoms with van der Waals surface area (Å²) in [6.07, 6.45) is 2.25. The van der Waals surface area contributed by atoms with Gasteiger partial charge in [0.25, 0.3) is 0 Å². The fourth-order valence-electron chi connectivity index (χ4n) is 3.39. The van der Waals surface area contributed by atoms with E-state index in [4.69, 9.17) is 9.47 Å². The molecule has 1 aromatic rings. The molecule has 112 valence electrons. The lowest BCUT2D eigenvalue weighted by Gasteiger charge is -2.35. The third-order valence-corrected chi connectivity index (χ3v) is 4.29. The van der Waals surface area contributed by atoms with E-state index in [0.717, 1.165) is 31.7 Å². The first-order chi connectivity index (χ1) is 9.51. The summed E-state index contributed by atoms with van der Waals surface area (Å²) in [5.41, 5.74) is 3.56. The smallest absolute Gasteiger partial charge is 0.124 e. The van der Waals surface area contributed by atoms with Gasteiger partial charge in [-0.2, -0.15) is 0 Å². The molecule has 0 radical (unpaired) electrons. The van der Waals surface area contributed by atoms with Crippen molar-refractivity contribution in [2.45, 2.75) is 52.2 Å². The third kappa shape index (κ3) is 2.84. The van der Waals surface area contributed by atoms with Gasteiger partial charge in [-0.25, -0.2) is 0 Å². The van der Waals surface area contributed by atoms with Gasteiger partial charge in [0.2, 0.25) is 0 Å². The molecule has 2 atom stereocenters. The Morgan fingerprint density at radius 2 is 2.00 bits per heavy atom. The molecule has 0 saturated carbocycles. The van der Waals surface area contributed by atoms with Crippen molar-refractivity contribution >= 4 is 0 Å². The molecule has 0 aliphatic carbocycles. The van der Waals surface area contributed by atoms with Gasteiger partial charge in [-0.3, -0.25) is 0 Å². The van der Waals surface area contributed by atoms with Gasteiger partial charge in [-0.05, 0) is 56.8 Å². The zero-order valence-corrected chi connectivity index (χ0v) is 13.4. The van der Waals surface area contributed by atoms with Gasteiger partial charge < -0.3 is 14.8 Å². The number of ether oxygens (including phenoxy) is 2. The Labute approximate surface area is 122 Å². The molecular formula is C17H27NO2. The normalized spacial score (nSPS) is 23.9. The summed E-state index contributed by atoms with van der Waals surface area (Å²) < 4.78 is 11.5. The average molecular weight is 277 g/mol. The van der Waals surface area contributed by atoms with Crippen molar-refractivity contribution in [1.82, 2.24) is 5.32 Å². The quantitative estimate of drug-likeness (QED) is 0.893. The van der Waals surface area contributed by atoms with Crippen LogP contribution in [0.2, 0.25) is 0 Å². The van der Waals surface area contributed by atoms with Crippen LogP contribution in [0, 0.1) is 13.8 Å². The van der Waals surface area contributed by atoms with Crippen molar-refractivity contribution in [3.05, 3.63) is 28.8 Å². The first kappa shape index (κ1) is 15.3. The van der Waals surface area contributed by atoms with Crippen LogP contribution < -0.4 is 10.1 Å². The Hall–Kier alpha value is -1.06. The van der Waals surface area contributed by atoms with E-state index >= 15 is 0 Å². The first-order valence-corrected chi connectivity index (χ1v) is 7.54. The highest BCUT2D eigenvalue weighted by Crippen LogP contribution is 2.39. The summed E-state index contributed by atoms with van der Waals surface area (Å²) >= 11 is 0. The number of hydrogen-bond acceptors (Lipinski definition) is 3. The van der Waals surface area contributed by atoms with Gasteiger partial charge >= 0.3 is 0 Å². The van der Waals surface area contributed by atoms with E-state index in [-0.39, 0.29) is 11.6 Å². The van der Waals surface area contributed by atoms with E-state index in [1.165, 1.54) is 16.7 Å². The van der Waals surface area contributed by atoms with Crippen LogP contribution in [-0.4, -0.2) is 25.9 Å². The van der Waals surface area contributed by atoms with Gasteiger partial charge in [0.1, 0.15) is 5.75 Å². The van der Waals surface area contributed by atoms with Crippen LogP contribution in [0.3, 0.4) is 0 Å². The van der Waals surface area contributed by atoms with Crippen LogP contribution in [0.1, 0.15) is 49.4 Å². The fourth-order valence-corrected chi connectivity index (χ4v) is 3.39. The molecule has 0 spiro atoms. The highest BCUT2D eigenvalue weighted by atomic mass is 16.5. The topological polar surface area (TPSA) is 30.5 Å². The van der Waals surface area contributed by atoms with Crippen molar-refractivity contribution in [2.24, 2.45) is 0 Å². The van der Waals surface area contributed by atoms with Crippen molar-refractivity contribution in [1.29, 1.82) is 0 Å². The number of likely N-dealkylation sites (N-methyl/N-ethyl adjacent to an activating group) is 1. The second-order valence-electron chi connectivity index (χ2n) is 5.94. The van der Waals surface area contributed by atoms with E-state index in [0.29, 0.717) is 0 Å². The Bertz CT molecular complexity index is 441. The van der Waals surface area contributed by atoms with Crippen LogP contribution in [0.4, 0.5) is 0 Å². The number of nitrogens with one attached hydrogen (secondary N) is 1. The van der Waals surface area contributed by atoms with E-state index in [1.54, 1.807) is 7.11 Å². The average Bonchev–Trinajstić information content (AvgIpc) is 2.83. The van der Waals surface area contributed by atoms with Crippen LogP contribution in [0.5, 0.6) is 5.75 Å². The largest absolute Gasteiger partial charge is 0.496 e. The second-order valence-corrected chi connectivity index (χ2v) is 5.94. The van der Waals surface area contributed by atoms with Gasteiger partial charge in [-0.1, -0.05) is 19.1 Å². The Kier molecular flexibility index (Phi) is 4.71. The fraction of sp³-hybridized carbons (Fsp3) is 0.647. The number of hydrogen-bond donors (Lipinski definition) is 1. The molecule has 0 amide bonds. The molecule has 0 aromatic heterocycles. The molecule has 1 aliphatic rings. The summed E-state index contributed by atoms with van der Waals surface area (Å²) in [5.74, 6) is 0.987. The molecule has 3 nitrogen and oxygen atoms in total. The molecule has 1 N–H and O–H groups in total. The minimum Gasteiger partial charge on any atom is -0.496 e. The number of rotatable bonds is 5. The van der Waals surface area contributed by atoms with Gasteiger partial charge in [0, 0.05) is 6.61 Å². The molecule has 1 heterocycles. The number of methoxy groups -OCH3 is 1. The van der Waals surface area contributed by atoms with Crippen LogP contribution in [0.15, 0.2) is 12.1 Å². The van der Waals surface area contributed by atoms with Gasteiger partial charge in [-0.15, -0.1) is 0 Å². The summed E-state index contributed by atoms with van der Waals surface area (Å²) in [6.45, 7) is 10.4. The van der Waals surface area contributed by atoms with Crippen molar-refractivity contribution in [3.63, 3.8) is 0 Å². The highest BCUT2D eigenvalue weighted by Gasteiger charge is 2.39. The van der Waals surface area contributed by atoms with Gasteiger partial charge in [0.15, 0.2) is 0 Å². The lowest BCUT2D eigenvalue weighted by Crippen LogP contribution is -2.41. The summed E-state index contributed by atoms with van der Waals surface area (Å²) in [6, 6.07) is 4.69. The summed E-state index contributed by atoms with van der Waals surface area (Å²) in [5, 5.41) is 3.61. The number of benzene rings is 1. The van der Waals surface area contributed by atoms with Crippen LogP contribution in [0.25, 0.3) is 0 Å². The maximum Gasteiger partial charge on any atom is 0.124 e. The van der Waals surface area contributed by atoms with Gasteiger partial charge in [0.05, 0.1) is 18.8 Å².